The molecule has 1 aromatic heterocycles. The number of sulfone groups is 1. The quantitative estimate of drug-likeness (QED) is 0.789. The van der Waals surface area contributed by atoms with E-state index in [1.165, 1.54) is 6.26 Å². The lowest BCUT2D eigenvalue weighted by molar-refractivity contribution is 0.571. The van der Waals surface area contributed by atoms with Crippen molar-refractivity contribution in [3.63, 3.8) is 0 Å². The SMILES string of the molecule is CS(=O)(=O)c1nc(N)nc(-c2ccccc2)c1N1CC2CC1CN2. The predicted molar refractivity (Wildman–Crippen MR) is 92.5 cm³/mol. The predicted octanol–water partition coefficient (Wildman–Crippen LogP) is 0.680. The number of anilines is 2. The molecular formula is C16H19N5O2S. The lowest BCUT2D eigenvalue weighted by Crippen LogP contribution is -2.44. The van der Waals surface area contributed by atoms with Crippen molar-refractivity contribution in [1.82, 2.24) is 15.3 Å². The normalized spacial score (nSPS) is 23.0. The van der Waals surface area contributed by atoms with E-state index in [0.29, 0.717) is 17.4 Å². The molecule has 2 saturated heterocycles. The lowest BCUT2D eigenvalue weighted by atomic mass is 10.1. The maximum atomic E-state index is 12.4. The first-order chi connectivity index (χ1) is 11.4. The fourth-order valence-corrected chi connectivity index (χ4v) is 4.42. The number of nitrogens with one attached hydrogen (secondary N) is 1. The van der Waals surface area contributed by atoms with Crippen LogP contribution in [0.4, 0.5) is 11.6 Å². The number of aromatic nitrogens is 2. The first-order valence-electron chi connectivity index (χ1n) is 7.86. The van der Waals surface area contributed by atoms with Gasteiger partial charge in [0, 0.05) is 37.0 Å². The van der Waals surface area contributed by atoms with Gasteiger partial charge in [-0.3, -0.25) is 0 Å². The summed E-state index contributed by atoms with van der Waals surface area (Å²) in [6.07, 6.45) is 2.17. The van der Waals surface area contributed by atoms with Gasteiger partial charge in [0.2, 0.25) is 5.95 Å². The highest BCUT2D eigenvalue weighted by Gasteiger charge is 2.41. The Morgan fingerprint density at radius 1 is 1.25 bits per heavy atom. The van der Waals surface area contributed by atoms with Crippen molar-refractivity contribution >= 4 is 21.5 Å². The first kappa shape index (κ1) is 15.3. The molecule has 1 aromatic carbocycles. The van der Waals surface area contributed by atoms with Crippen LogP contribution in [0.2, 0.25) is 0 Å². The first-order valence-corrected chi connectivity index (χ1v) is 9.75. The summed E-state index contributed by atoms with van der Waals surface area (Å²) in [7, 11) is -3.53. The van der Waals surface area contributed by atoms with Crippen molar-refractivity contribution in [3.8, 4) is 11.3 Å². The number of nitrogen functional groups attached to an aromatic ring is 1. The van der Waals surface area contributed by atoms with Crippen molar-refractivity contribution in [3.05, 3.63) is 30.3 Å². The molecule has 0 radical (unpaired) electrons. The Bertz CT molecular complexity index is 885. The second-order valence-corrected chi connectivity index (χ2v) is 8.30. The van der Waals surface area contributed by atoms with Crippen LogP contribution < -0.4 is 16.0 Å². The molecule has 2 fully saturated rings. The maximum absolute atomic E-state index is 12.4. The molecule has 0 spiro atoms. The molecule has 24 heavy (non-hydrogen) atoms. The minimum absolute atomic E-state index is 0.0152. The number of nitrogens with two attached hydrogens (primary N) is 1. The summed E-state index contributed by atoms with van der Waals surface area (Å²) in [4.78, 5) is 10.6. The Morgan fingerprint density at radius 2 is 2.00 bits per heavy atom. The Labute approximate surface area is 140 Å². The summed E-state index contributed by atoms with van der Waals surface area (Å²) < 4.78 is 24.7. The minimum Gasteiger partial charge on any atom is -0.368 e. The molecule has 7 nitrogen and oxygen atoms in total. The molecule has 2 aliphatic rings. The van der Waals surface area contributed by atoms with Crippen LogP contribution in [0.1, 0.15) is 6.42 Å². The largest absolute Gasteiger partial charge is 0.368 e. The Balaban J connectivity index is 1.97. The Morgan fingerprint density at radius 3 is 2.58 bits per heavy atom. The molecule has 2 aliphatic heterocycles. The van der Waals surface area contributed by atoms with E-state index in [1.807, 2.05) is 30.3 Å². The van der Waals surface area contributed by atoms with E-state index in [1.54, 1.807) is 0 Å². The number of hydrogen-bond donors (Lipinski definition) is 2. The van der Waals surface area contributed by atoms with Crippen molar-refractivity contribution in [2.75, 3.05) is 30.0 Å². The van der Waals surface area contributed by atoms with Crippen molar-refractivity contribution in [1.29, 1.82) is 0 Å². The van der Waals surface area contributed by atoms with E-state index >= 15 is 0 Å². The molecule has 2 unspecified atom stereocenters. The van der Waals surface area contributed by atoms with Crippen LogP contribution in [0, 0.1) is 0 Å². The molecular weight excluding hydrogens is 326 g/mol. The zero-order chi connectivity index (χ0) is 16.9. The van der Waals surface area contributed by atoms with E-state index in [9.17, 15) is 8.42 Å². The topological polar surface area (TPSA) is 101 Å². The summed E-state index contributed by atoms with van der Waals surface area (Å²) >= 11 is 0. The van der Waals surface area contributed by atoms with E-state index in [-0.39, 0.29) is 17.0 Å². The maximum Gasteiger partial charge on any atom is 0.221 e. The molecule has 2 atom stereocenters. The van der Waals surface area contributed by atoms with Crippen LogP contribution >= 0.6 is 0 Å². The summed E-state index contributed by atoms with van der Waals surface area (Å²) in [5.74, 6) is -0.0273. The van der Waals surface area contributed by atoms with Gasteiger partial charge in [-0.2, -0.15) is 4.98 Å². The van der Waals surface area contributed by atoms with Gasteiger partial charge in [-0.25, -0.2) is 13.4 Å². The molecule has 4 rings (SSSR count). The highest BCUT2D eigenvalue weighted by atomic mass is 32.2. The van der Waals surface area contributed by atoms with Crippen LogP contribution in [0.15, 0.2) is 35.4 Å². The molecule has 8 heteroatoms. The number of nitrogens with zero attached hydrogens (tertiary/aromatic N) is 3. The molecule has 2 aromatic rings. The van der Waals surface area contributed by atoms with Gasteiger partial charge in [0.15, 0.2) is 14.9 Å². The fraction of sp³-hybridized carbons (Fsp3) is 0.375. The number of hydrogen-bond acceptors (Lipinski definition) is 7. The van der Waals surface area contributed by atoms with Gasteiger partial charge in [0.25, 0.3) is 0 Å². The summed E-state index contributed by atoms with van der Waals surface area (Å²) in [5.41, 5.74) is 7.81. The van der Waals surface area contributed by atoms with Crippen LogP contribution in [-0.2, 0) is 9.84 Å². The molecule has 0 saturated carbocycles. The zero-order valence-corrected chi connectivity index (χ0v) is 14.1. The van der Waals surface area contributed by atoms with Gasteiger partial charge in [-0.05, 0) is 6.42 Å². The van der Waals surface area contributed by atoms with Gasteiger partial charge in [0.05, 0.1) is 0 Å². The molecule has 3 heterocycles. The van der Waals surface area contributed by atoms with Crippen LogP contribution in [-0.4, -0.2) is 49.8 Å². The van der Waals surface area contributed by atoms with Crippen LogP contribution in [0.5, 0.6) is 0 Å². The number of piperazine rings is 1. The van der Waals surface area contributed by atoms with Crippen LogP contribution in [0.3, 0.4) is 0 Å². The second-order valence-electron chi connectivity index (χ2n) is 6.37. The fourth-order valence-electron chi connectivity index (χ4n) is 3.60. The summed E-state index contributed by atoms with van der Waals surface area (Å²) in [6, 6.07) is 10.2. The monoisotopic (exact) mass is 345 g/mol. The van der Waals surface area contributed by atoms with E-state index in [0.717, 1.165) is 25.1 Å². The summed E-state index contributed by atoms with van der Waals surface area (Å²) in [6.45, 7) is 1.59. The van der Waals surface area contributed by atoms with Gasteiger partial charge in [0.1, 0.15) is 11.4 Å². The number of fused-ring (bicyclic) bond motifs is 2. The number of benzene rings is 1. The minimum atomic E-state index is -3.53. The zero-order valence-electron chi connectivity index (χ0n) is 13.3. The standard InChI is InChI=1S/C16H19N5O2S/c1-24(22,23)15-14(21-9-11-7-12(21)8-18-11)13(19-16(17)20-15)10-5-3-2-4-6-10/h2-6,11-12,18H,7-9H2,1H3,(H2,17,19,20). The third-order valence-electron chi connectivity index (χ3n) is 4.61. The van der Waals surface area contributed by atoms with Crippen LogP contribution in [0.25, 0.3) is 11.3 Å². The van der Waals surface area contributed by atoms with E-state index in [2.05, 4.69) is 20.2 Å². The van der Waals surface area contributed by atoms with E-state index in [4.69, 9.17) is 5.73 Å². The second kappa shape index (κ2) is 5.42. The highest BCUT2D eigenvalue weighted by Crippen LogP contribution is 2.39. The Kier molecular flexibility index (Phi) is 3.47. The third kappa shape index (κ3) is 2.51. The molecule has 2 bridgehead atoms. The smallest absolute Gasteiger partial charge is 0.221 e. The molecule has 126 valence electrons. The molecule has 0 amide bonds. The summed E-state index contributed by atoms with van der Waals surface area (Å²) in [5, 5.41) is 3.44. The van der Waals surface area contributed by atoms with Gasteiger partial charge in [-0.15, -0.1) is 0 Å². The highest BCUT2D eigenvalue weighted by molar-refractivity contribution is 7.90. The average molecular weight is 345 g/mol. The van der Waals surface area contributed by atoms with Gasteiger partial charge < -0.3 is 16.0 Å². The molecule has 3 N–H and O–H groups in total. The van der Waals surface area contributed by atoms with Crippen molar-refractivity contribution in [2.45, 2.75) is 23.5 Å². The molecule has 0 aliphatic carbocycles. The average Bonchev–Trinajstić information content (AvgIpc) is 3.17. The van der Waals surface area contributed by atoms with Crippen molar-refractivity contribution < 1.29 is 8.42 Å². The van der Waals surface area contributed by atoms with Crippen molar-refractivity contribution in [2.24, 2.45) is 0 Å². The van der Waals surface area contributed by atoms with Gasteiger partial charge in [-0.1, -0.05) is 30.3 Å². The number of rotatable bonds is 3. The third-order valence-corrected chi connectivity index (χ3v) is 5.60. The lowest BCUT2D eigenvalue weighted by Gasteiger charge is -2.31. The van der Waals surface area contributed by atoms with Gasteiger partial charge >= 0.3 is 0 Å². The Hall–Kier alpha value is -2.19. The van der Waals surface area contributed by atoms with E-state index < -0.39 is 9.84 Å².